The first-order chi connectivity index (χ1) is 25.2. The van der Waals surface area contributed by atoms with E-state index in [0.717, 1.165) is 36.8 Å². The van der Waals surface area contributed by atoms with Gasteiger partial charge in [-0.1, -0.05) is 25.0 Å². The Morgan fingerprint density at radius 1 is 0.943 bits per heavy atom. The lowest BCUT2D eigenvalue weighted by atomic mass is 9.64. The Hall–Kier alpha value is -3.96. The lowest BCUT2D eigenvalue weighted by molar-refractivity contribution is -0.138. The second-order valence-electron chi connectivity index (χ2n) is 14.6. The van der Waals surface area contributed by atoms with Crippen molar-refractivity contribution in [2.24, 2.45) is 5.92 Å². The number of rotatable bonds is 16. The minimum Gasteiger partial charge on any atom is -0.481 e. The fraction of sp³-hybridized carbons (Fsp3) is 0.500. The Morgan fingerprint density at radius 2 is 1.62 bits per heavy atom. The number of hydrogen-bond acceptors (Lipinski definition) is 6. The number of nitrogens with zero attached hydrogens (tertiary/aromatic N) is 2. The number of nitrogens with one attached hydrogen (secondary N) is 1. The Kier molecular flexibility index (Phi) is 11.5. The number of carboxylic acids is 1. The van der Waals surface area contributed by atoms with Crippen LogP contribution in [0.2, 0.25) is 0 Å². The summed E-state index contributed by atoms with van der Waals surface area (Å²) >= 11 is 5.69. The number of carboxylic acid groups (broad SMARTS) is 1. The number of halogens is 5. The van der Waals surface area contributed by atoms with Crippen molar-refractivity contribution >= 4 is 34.7 Å². The topological polar surface area (TPSA) is 91.3 Å². The van der Waals surface area contributed by atoms with E-state index in [1.54, 1.807) is 34.1 Å². The van der Waals surface area contributed by atoms with Gasteiger partial charge in [0, 0.05) is 47.5 Å². The highest BCUT2D eigenvalue weighted by Crippen LogP contribution is 2.52. The number of amides is 1. The van der Waals surface area contributed by atoms with Gasteiger partial charge in [0.2, 0.25) is 0 Å². The number of alkyl halides is 5. The first-order valence-corrected chi connectivity index (χ1v) is 18.6. The number of fused-ring (bicyclic) bond motifs is 1. The van der Waals surface area contributed by atoms with Crippen molar-refractivity contribution in [1.82, 2.24) is 10.2 Å². The van der Waals surface area contributed by atoms with Gasteiger partial charge in [-0.25, -0.2) is 17.6 Å². The molecule has 1 atom stereocenters. The standard InChI is InChI=1S/C40H44ClF4N3O5/c1-38(2)33-20-27(47-22-39(42,43)23-47)8-11-30(33)35(31-12-9-28(21-34(31)38)48-24-40(44,45)25-48)32-19-26(7-10-29(32)37(50)51)36(49)46-14-16-53-18-17-52-15-6-4-3-5-13-41/h7-11,19-21,29H,3-6,13-18,22-25H2,1-2H3,(H-,46,49,50,51)/p+1. The number of likely N-dealkylation sites (tertiary alicyclic amines) is 1. The summed E-state index contributed by atoms with van der Waals surface area (Å²) in [5.74, 6) is -7.58. The lowest BCUT2D eigenvalue weighted by Gasteiger charge is -2.42. The summed E-state index contributed by atoms with van der Waals surface area (Å²) in [6.45, 7) is 4.19. The third-order valence-electron chi connectivity index (χ3n) is 10.2. The zero-order chi connectivity index (χ0) is 38.0. The van der Waals surface area contributed by atoms with E-state index in [9.17, 15) is 32.3 Å². The predicted octanol–water partition coefficient (Wildman–Crippen LogP) is 6.84. The molecule has 2 fully saturated rings. The van der Waals surface area contributed by atoms with Crippen molar-refractivity contribution in [3.63, 3.8) is 0 Å². The molecule has 0 saturated carbocycles. The molecule has 1 aromatic carbocycles. The Morgan fingerprint density at radius 3 is 2.30 bits per heavy atom. The molecule has 284 valence electrons. The van der Waals surface area contributed by atoms with Crippen LogP contribution in [0, 0.1) is 12.0 Å². The van der Waals surface area contributed by atoms with E-state index in [4.69, 9.17) is 21.1 Å². The molecule has 2 aliphatic heterocycles. The number of anilines is 1. The summed E-state index contributed by atoms with van der Waals surface area (Å²) in [7, 11) is 0. The molecule has 0 radical (unpaired) electrons. The van der Waals surface area contributed by atoms with E-state index < -0.39 is 61.2 Å². The van der Waals surface area contributed by atoms with Crippen LogP contribution in [0.5, 0.6) is 0 Å². The van der Waals surface area contributed by atoms with Crippen LogP contribution in [0.1, 0.15) is 50.7 Å². The molecule has 53 heavy (non-hydrogen) atoms. The molecular weight excluding hydrogens is 714 g/mol. The molecule has 5 aliphatic rings. The van der Waals surface area contributed by atoms with Crippen LogP contribution in [0.15, 0.2) is 76.6 Å². The van der Waals surface area contributed by atoms with Gasteiger partial charge in [0.1, 0.15) is 11.6 Å². The summed E-state index contributed by atoms with van der Waals surface area (Å²) in [4.78, 5) is 29.2. The van der Waals surface area contributed by atoms with Crippen LogP contribution < -0.4 is 10.2 Å². The normalized spacial score (nSPS) is 23.3. The fourth-order valence-electron chi connectivity index (χ4n) is 7.31. The van der Waals surface area contributed by atoms with Gasteiger partial charge in [-0.15, -0.1) is 11.6 Å². The van der Waals surface area contributed by atoms with Gasteiger partial charge in [0.05, 0.1) is 74.7 Å². The maximum Gasteiger partial charge on any atom is 0.315 e. The highest BCUT2D eigenvalue weighted by Gasteiger charge is 2.50. The summed E-state index contributed by atoms with van der Waals surface area (Å²) in [6.07, 6.45) is 15.4. The number of benzene rings is 1. The maximum atomic E-state index is 13.9. The van der Waals surface area contributed by atoms with E-state index in [1.807, 2.05) is 26.0 Å². The van der Waals surface area contributed by atoms with Crippen molar-refractivity contribution in [3.05, 3.63) is 93.8 Å². The quantitative estimate of drug-likeness (QED) is 0.0827. The highest BCUT2D eigenvalue weighted by atomic mass is 35.5. The minimum atomic E-state index is -2.80. The van der Waals surface area contributed by atoms with E-state index >= 15 is 0 Å². The number of ether oxygens (including phenoxy) is 2. The smallest absolute Gasteiger partial charge is 0.315 e. The van der Waals surface area contributed by atoms with Gasteiger partial charge in [-0.3, -0.25) is 9.59 Å². The van der Waals surface area contributed by atoms with Gasteiger partial charge in [-0.2, -0.15) is 0 Å². The number of unbranched alkanes of at least 4 members (excludes halogenated alkanes) is 3. The van der Waals surface area contributed by atoms with Crippen molar-refractivity contribution in [3.8, 4) is 0 Å². The average Bonchev–Trinajstić information content (AvgIpc) is 3.09. The Bertz CT molecular complexity index is 1780. The van der Waals surface area contributed by atoms with Crippen molar-refractivity contribution in [1.29, 1.82) is 0 Å². The summed E-state index contributed by atoms with van der Waals surface area (Å²) in [5.41, 5.74) is 4.25. The summed E-state index contributed by atoms with van der Waals surface area (Å²) < 4.78 is 66.7. The van der Waals surface area contributed by atoms with E-state index in [-0.39, 0.29) is 18.7 Å². The molecule has 8 nitrogen and oxygen atoms in total. The molecule has 2 N–H and O–H groups in total. The molecule has 6 rings (SSSR count). The maximum absolute atomic E-state index is 13.9. The molecular formula is C40H45ClF4N3O5+. The zero-order valence-electron chi connectivity index (χ0n) is 30.0. The van der Waals surface area contributed by atoms with Crippen LogP contribution in [0.3, 0.4) is 0 Å². The zero-order valence-corrected chi connectivity index (χ0v) is 30.7. The summed E-state index contributed by atoms with van der Waals surface area (Å²) in [6, 6.07) is 5.39. The molecule has 13 heteroatoms. The second-order valence-corrected chi connectivity index (χ2v) is 15.0. The minimum absolute atomic E-state index is 0.223. The molecule has 1 unspecified atom stereocenters. The molecule has 2 saturated heterocycles. The van der Waals surface area contributed by atoms with Gasteiger partial charge in [0.15, 0.2) is 5.57 Å². The third-order valence-corrected chi connectivity index (χ3v) is 10.5. The van der Waals surface area contributed by atoms with Gasteiger partial charge in [-0.05, 0) is 56.5 Å². The van der Waals surface area contributed by atoms with Crippen LogP contribution >= 0.6 is 11.6 Å². The molecule has 0 spiro atoms. The number of hydrogen-bond donors (Lipinski definition) is 2. The molecule has 1 aromatic rings. The number of allylic oxidation sites excluding steroid dienone is 7. The number of carbonyl (C=O) groups is 2. The molecule has 0 aromatic heterocycles. The molecule has 0 bridgehead atoms. The van der Waals surface area contributed by atoms with E-state index in [2.05, 4.69) is 11.4 Å². The average molecular weight is 759 g/mol. The fourth-order valence-corrected chi connectivity index (χ4v) is 7.50. The second kappa shape index (κ2) is 15.8. The Balaban J connectivity index is 1.26. The van der Waals surface area contributed by atoms with Gasteiger partial charge in [0.25, 0.3) is 17.8 Å². The van der Waals surface area contributed by atoms with Crippen molar-refractivity contribution < 1.29 is 41.7 Å². The van der Waals surface area contributed by atoms with Crippen LogP contribution in [-0.4, -0.2) is 98.8 Å². The monoisotopic (exact) mass is 758 g/mol. The lowest BCUT2D eigenvalue weighted by Crippen LogP contribution is -2.56. The largest absolute Gasteiger partial charge is 0.481 e. The predicted molar refractivity (Wildman–Crippen MR) is 195 cm³/mol. The molecule has 1 amide bonds. The third kappa shape index (κ3) is 8.56. The molecule has 2 heterocycles. The first kappa shape index (κ1) is 38.8. The van der Waals surface area contributed by atoms with E-state index in [0.29, 0.717) is 59.4 Å². The van der Waals surface area contributed by atoms with Crippen LogP contribution in [-0.2, 0) is 24.5 Å². The van der Waals surface area contributed by atoms with Gasteiger partial charge < -0.3 is 29.7 Å². The van der Waals surface area contributed by atoms with Crippen LogP contribution in [0.4, 0.5) is 23.2 Å². The highest BCUT2D eigenvalue weighted by molar-refractivity contribution is 6.17. The van der Waals surface area contributed by atoms with Gasteiger partial charge >= 0.3 is 5.97 Å². The van der Waals surface area contributed by atoms with Crippen LogP contribution in [0.25, 0.3) is 5.57 Å². The Labute approximate surface area is 312 Å². The number of aliphatic carboxylic acids is 1. The number of carbonyl (C=O) groups excluding carboxylic acids is 1. The van der Waals surface area contributed by atoms with Crippen molar-refractivity contribution in [2.75, 3.05) is 69.9 Å². The molecule has 3 aliphatic carbocycles. The van der Waals surface area contributed by atoms with Crippen molar-refractivity contribution in [2.45, 2.75) is 56.8 Å². The SMILES string of the molecule is CC1(C)C2=C([C+]=CC(N3CC(F)(F)C3)=C2)C(=C2C=C(C(=O)NCCOCCOCCCCCCCl)C=CC2C(=O)O)c2ccc(N3CC(F)(F)C3)cc21. The first-order valence-electron chi connectivity index (χ1n) is 18.0. The van der Waals surface area contributed by atoms with E-state index in [1.165, 1.54) is 12.2 Å². The summed E-state index contributed by atoms with van der Waals surface area (Å²) in [5, 5.41) is 13.2.